The molecule has 0 saturated carbocycles. The molecule has 0 bridgehead atoms. The summed E-state index contributed by atoms with van der Waals surface area (Å²) >= 11 is 0. The third-order valence-electron chi connectivity index (χ3n) is 3.48. The second kappa shape index (κ2) is 5.94. The summed E-state index contributed by atoms with van der Waals surface area (Å²) in [5.41, 5.74) is 1.75. The minimum Gasteiger partial charge on any atom is -0.438 e. The SMILES string of the molecule is CCc1ccccc1Oc1nc(CO)cc2ccccc12. The molecule has 3 heteroatoms. The van der Waals surface area contributed by atoms with E-state index in [1.165, 1.54) is 0 Å². The number of hydrogen-bond acceptors (Lipinski definition) is 3. The van der Waals surface area contributed by atoms with Gasteiger partial charge in [0.15, 0.2) is 0 Å². The Labute approximate surface area is 123 Å². The smallest absolute Gasteiger partial charge is 0.227 e. The van der Waals surface area contributed by atoms with E-state index in [0.717, 1.165) is 28.5 Å². The van der Waals surface area contributed by atoms with E-state index in [2.05, 4.69) is 11.9 Å². The maximum atomic E-state index is 9.37. The number of aliphatic hydroxyl groups excluding tert-OH is 1. The van der Waals surface area contributed by atoms with Gasteiger partial charge in [-0.05, 0) is 35.6 Å². The fourth-order valence-electron chi connectivity index (χ4n) is 2.38. The second-order valence-electron chi connectivity index (χ2n) is 4.86. The molecular formula is C18H17NO2. The summed E-state index contributed by atoms with van der Waals surface area (Å²) in [6.07, 6.45) is 0.897. The molecule has 1 N–H and O–H groups in total. The zero-order valence-electron chi connectivity index (χ0n) is 11.9. The van der Waals surface area contributed by atoms with Crippen molar-refractivity contribution in [2.24, 2.45) is 0 Å². The van der Waals surface area contributed by atoms with Crippen molar-refractivity contribution >= 4 is 10.8 Å². The summed E-state index contributed by atoms with van der Waals surface area (Å²) in [5, 5.41) is 11.3. The van der Waals surface area contributed by atoms with Crippen molar-refractivity contribution in [2.45, 2.75) is 20.0 Å². The van der Waals surface area contributed by atoms with Crippen LogP contribution in [0.25, 0.3) is 10.8 Å². The summed E-state index contributed by atoms with van der Waals surface area (Å²) in [5.74, 6) is 1.35. The van der Waals surface area contributed by atoms with Gasteiger partial charge in [0.2, 0.25) is 5.88 Å². The quantitative estimate of drug-likeness (QED) is 0.782. The van der Waals surface area contributed by atoms with Gasteiger partial charge in [0.25, 0.3) is 0 Å². The fourth-order valence-corrected chi connectivity index (χ4v) is 2.38. The van der Waals surface area contributed by atoms with Crippen molar-refractivity contribution in [1.82, 2.24) is 4.98 Å². The number of pyridine rings is 1. The van der Waals surface area contributed by atoms with Gasteiger partial charge < -0.3 is 9.84 Å². The minimum absolute atomic E-state index is 0.101. The van der Waals surface area contributed by atoms with E-state index in [4.69, 9.17) is 4.74 Å². The Morgan fingerprint density at radius 2 is 1.81 bits per heavy atom. The normalized spacial score (nSPS) is 10.8. The van der Waals surface area contributed by atoms with Gasteiger partial charge in [-0.2, -0.15) is 0 Å². The van der Waals surface area contributed by atoms with Crippen LogP contribution in [-0.4, -0.2) is 10.1 Å². The average Bonchev–Trinajstić information content (AvgIpc) is 2.55. The van der Waals surface area contributed by atoms with E-state index < -0.39 is 0 Å². The van der Waals surface area contributed by atoms with Gasteiger partial charge in [-0.15, -0.1) is 0 Å². The molecule has 0 atom stereocenters. The predicted molar refractivity (Wildman–Crippen MR) is 83.6 cm³/mol. The average molecular weight is 279 g/mol. The highest BCUT2D eigenvalue weighted by Crippen LogP contribution is 2.30. The van der Waals surface area contributed by atoms with Gasteiger partial charge >= 0.3 is 0 Å². The number of ether oxygens (including phenoxy) is 1. The molecular weight excluding hydrogens is 262 g/mol. The maximum absolute atomic E-state index is 9.37. The van der Waals surface area contributed by atoms with Crippen molar-refractivity contribution in [3.05, 3.63) is 65.9 Å². The lowest BCUT2D eigenvalue weighted by molar-refractivity contribution is 0.275. The number of rotatable bonds is 4. The van der Waals surface area contributed by atoms with Crippen molar-refractivity contribution in [2.75, 3.05) is 0 Å². The van der Waals surface area contributed by atoms with E-state index in [-0.39, 0.29) is 6.61 Å². The fraction of sp³-hybridized carbons (Fsp3) is 0.167. The number of aryl methyl sites for hydroxylation is 1. The monoisotopic (exact) mass is 279 g/mol. The zero-order valence-corrected chi connectivity index (χ0v) is 11.9. The number of fused-ring (bicyclic) bond motifs is 1. The first-order valence-corrected chi connectivity index (χ1v) is 7.07. The topological polar surface area (TPSA) is 42.4 Å². The van der Waals surface area contributed by atoms with E-state index in [1.807, 2.05) is 54.6 Å². The van der Waals surface area contributed by atoms with Crippen LogP contribution in [-0.2, 0) is 13.0 Å². The van der Waals surface area contributed by atoms with Gasteiger partial charge in [0, 0.05) is 5.39 Å². The highest BCUT2D eigenvalue weighted by molar-refractivity contribution is 5.87. The van der Waals surface area contributed by atoms with E-state index >= 15 is 0 Å². The summed E-state index contributed by atoms with van der Waals surface area (Å²) in [7, 11) is 0. The van der Waals surface area contributed by atoms with Crippen molar-refractivity contribution < 1.29 is 9.84 Å². The van der Waals surface area contributed by atoms with E-state index in [9.17, 15) is 5.11 Å². The van der Waals surface area contributed by atoms with Crippen LogP contribution in [0.3, 0.4) is 0 Å². The van der Waals surface area contributed by atoms with Crippen LogP contribution < -0.4 is 4.74 Å². The van der Waals surface area contributed by atoms with E-state index in [1.54, 1.807) is 0 Å². The number of para-hydroxylation sites is 1. The first kappa shape index (κ1) is 13.6. The third kappa shape index (κ3) is 2.73. The number of benzene rings is 2. The summed E-state index contributed by atoms with van der Waals surface area (Å²) in [4.78, 5) is 4.42. The second-order valence-corrected chi connectivity index (χ2v) is 4.86. The summed E-state index contributed by atoms with van der Waals surface area (Å²) < 4.78 is 6.03. The Balaban J connectivity index is 2.11. The van der Waals surface area contributed by atoms with E-state index in [0.29, 0.717) is 11.6 Å². The van der Waals surface area contributed by atoms with Crippen molar-refractivity contribution in [1.29, 1.82) is 0 Å². The van der Waals surface area contributed by atoms with Crippen molar-refractivity contribution in [3.8, 4) is 11.6 Å². The summed E-state index contributed by atoms with van der Waals surface area (Å²) in [6, 6.07) is 17.7. The maximum Gasteiger partial charge on any atom is 0.227 e. The molecule has 106 valence electrons. The van der Waals surface area contributed by atoms with Crippen molar-refractivity contribution in [3.63, 3.8) is 0 Å². The van der Waals surface area contributed by atoms with Gasteiger partial charge in [-0.25, -0.2) is 4.98 Å². The van der Waals surface area contributed by atoms with Gasteiger partial charge in [-0.1, -0.05) is 43.3 Å². The Hall–Kier alpha value is -2.39. The highest BCUT2D eigenvalue weighted by Gasteiger charge is 2.09. The molecule has 0 aliphatic heterocycles. The number of hydrogen-bond donors (Lipinski definition) is 1. The molecule has 21 heavy (non-hydrogen) atoms. The molecule has 0 fully saturated rings. The summed E-state index contributed by atoms with van der Waals surface area (Å²) in [6.45, 7) is 1.99. The first-order chi connectivity index (χ1) is 10.3. The van der Waals surface area contributed by atoms with Crippen LogP contribution in [0.2, 0.25) is 0 Å². The van der Waals surface area contributed by atoms with Crippen LogP contribution in [0.4, 0.5) is 0 Å². The largest absolute Gasteiger partial charge is 0.438 e. The Morgan fingerprint density at radius 1 is 1.05 bits per heavy atom. The molecule has 0 aliphatic carbocycles. The Morgan fingerprint density at radius 3 is 2.62 bits per heavy atom. The number of aromatic nitrogens is 1. The molecule has 3 rings (SSSR count). The molecule has 0 unspecified atom stereocenters. The zero-order chi connectivity index (χ0) is 14.7. The lowest BCUT2D eigenvalue weighted by Gasteiger charge is -2.12. The molecule has 2 aromatic carbocycles. The number of aliphatic hydroxyl groups is 1. The van der Waals surface area contributed by atoms with Gasteiger partial charge in [-0.3, -0.25) is 0 Å². The number of nitrogens with zero attached hydrogens (tertiary/aromatic N) is 1. The lowest BCUT2D eigenvalue weighted by Crippen LogP contribution is -1.97. The van der Waals surface area contributed by atoms with Crippen LogP contribution in [0.15, 0.2) is 54.6 Å². The molecule has 0 aliphatic rings. The molecule has 1 heterocycles. The molecule has 0 radical (unpaired) electrons. The molecule has 0 saturated heterocycles. The first-order valence-electron chi connectivity index (χ1n) is 7.07. The lowest BCUT2D eigenvalue weighted by atomic mass is 10.1. The van der Waals surface area contributed by atoms with Crippen LogP contribution in [0.5, 0.6) is 11.6 Å². The minimum atomic E-state index is -0.101. The Bertz CT molecular complexity index is 768. The van der Waals surface area contributed by atoms with Crippen LogP contribution >= 0.6 is 0 Å². The van der Waals surface area contributed by atoms with Gasteiger partial charge in [0.1, 0.15) is 5.75 Å². The standard InChI is InChI=1S/C18H17NO2/c1-2-13-7-4-6-10-17(13)21-18-16-9-5-3-8-14(16)11-15(12-20)19-18/h3-11,20H,2,12H2,1H3. The predicted octanol–water partition coefficient (Wildman–Crippen LogP) is 4.08. The highest BCUT2D eigenvalue weighted by atomic mass is 16.5. The van der Waals surface area contributed by atoms with Gasteiger partial charge in [0.05, 0.1) is 12.3 Å². The van der Waals surface area contributed by atoms with Crippen LogP contribution in [0.1, 0.15) is 18.2 Å². The Kier molecular flexibility index (Phi) is 3.84. The molecule has 3 nitrogen and oxygen atoms in total. The molecule has 0 spiro atoms. The molecule has 0 amide bonds. The molecule has 1 aromatic heterocycles. The third-order valence-corrected chi connectivity index (χ3v) is 3.48. The van der Waals surface area contributed by atoms with Crippen LogP contribution in [0, 0.1) is 0 Å². The molecule has 3 aromatic rings.